The number of nitrogens with zero attached hydrogens (tertiary/aromatic N) is 1. The lowest BCUT2D eigenvalue weighted by molar-refractivity contribution is 0.297. The van der Waals surface area contributed by atoms with E-state index in [9.17, 15) is 0 Å². The fourth-order valence-electron chi connectivity index (χ4n) is 3.32. The van der Waals surface area contributed by atoms with E-state index in [0.717, 1.165) is 35.6 Å². The summed E-state index contributed by atoms with van der Waals surface area (Å²) in [6.45, 7) is 1.88. The van der Waals surface area contributed by atoms with Gasteiger partial charge in [0.25, 0.3) is 0 Å². The zero-order valence-electron chi connectivity index (χ0n) is 14.7. The van der Waals surface area contributed by atoms with Gasteiger partial charge in [0.05, 0.1) is 19.8 Å². The third kappa shape index (κ3) is 4.41. The summed E-state index contributed by atoms with van der Waals surface area (Å²) in [7, 11) is 0. The monoisotopic (exact) mass is 465 g/mol. The number of hydrogen-bond donors (Lipinski definition) is 2. The number of nitrogens with one attached hydrogen (secondary N) is 1. The second-order valence-electron chi connectivity index (χ2n) is 6.50. The highest BCUT2D eigenvalue weighted by molar-refractivity contribution is 14.0. The topological polar surface area (TPSA) is 68.9 Å². The molecule has 26 heavy (non-hydrogen) atoms. The van der Waals surface area contributed by atoms with Crippen molar-refractivity contribution in [2.75, 3.05) is 18.5 Å². The maximum atomic E-state index is 6.04. The fourth-order valence-corrected chi connectivity index (χ4v) is 3.32. The Morgan fingerprint density at radius 1 is 0.962 bits per heavy atom. The van der Waals surface area contributed by atoms with Crippen molar-refractivity contribution in [3.63, 3.8) is 0 Å². The van der Waals surface area contributed by atoms with Crippen LogP contribution in [-0.2, 0) is 19.4 Å². The second-order valence-corrected chi connectivity index (χ2v) is 6.50. The highest BCUT2D eigenvalue weighted by Crippen LogP contribution is 2.30. The largest absolute Gasteiger partial charge is 0.490 e. The van der Waals surface area contributed by atoms with Crippen LogP contribution in [0.5, 0.6) is 11.5 Å². The molecule has 3 N–H and O–H groups in total. The van der Waals surface area contributed by atoms with Crippen LogP contribution in [0, 0.1) is 0 Å². The SMILES string of the molecule is I.NC(=NCc1ccc2c(c1)OCCCO2)Nc1ccc2c(c1)CCC2. The quantitative estimate of drug-likeness (QED) is 0.410. The summed E-state index contributed by atoms with van der Waals surface area (Å²) in [5.41, 5.74) is 11.0. The summed E-state index contributed by atoms with van der Waals surface area (Å²) in [5.74, 6) is 2.01. The first-order valence-corrected chi connectivity index (χ1v) is 8.85. The lowest BCUT2D eigenvalue weighted by Gasteiger charge is -2.10. The summed E-state index contributed by atoms with van der Waals surface area (Å²) < 4.78 is 11.4. The summed E-state index contributed by atoms with van der Waals surface area (Å²) in [4.78, 5) is 4.44. The Hall–Kier alpha value is -1.96. The first kappa shape index (κ1) is 18.8. The van der Waals surface area contributed by atoms with Crippen LogP contribution >= 0.6 is 24.0 Å². The smallest absolute Gasteiger partial charge is 0.193 e. The van der Waals surface area contributed by atoms with Crippen molar-refractivity contribution in [3.8, 4) is 11.5 Å². The van der Waals surface area contributed by atoms with E-state index >= 15 is 0 Å². The number of benzene rings is 2. The number of hydrogen-bond acceptors (Lipinski definition) is 3. The van der Waals surface area contributed by atoms with Crippen LogP contribution in [0.3, 0.4) is 0 Å². The molecule has 0 unspecified atom stereocenters. The summed E-state index contributed by atoms with van der Waals surface area (Å²) in [6.07, 6.45) is 4.48. The standard InChI is InChI=1S/C20H23N3O2.HI/c21-20(23-17-7-6-15-3-1-4-16(15)12-17)22-13-14-5-8-18-19(11-14)25-10-2-9-24-18;/h5-8,11-12H,1-4,9-10,13H2,(H3,21,22,23);1H. The molecule has 4 rings (SSSR count). The molecule has 2 aliphatic rings. The highest BCUT2D eigenvalue weighted by Gasteiger charge is 2.12. The van der Waals surface area contributed by atoms with Crippen LogP contribution < -0.4 is 20.5 Å². The number of aliphatic imine (C=N–C) groups is 1. The lowest BCUT2D eigenvalue weighted by atomic mass is 10.1. The van der Waals surface area contributed by atoms with Crippen molar-refractivity contribution in [3.05, 3.63) is 53.1 Å². The van der Waals surface area contributed by atoms with E-state index in [1.54, 1.807) is 0 Å². The van der Waals surface area contributed by atoms with Crippen molar-refractivity contribution in [2.45, 2.75) is 32.2 Å². The van der Waals surface area contributed by atoms with Gasteiger partial charge in [0.2, 0.25) is 0 Å². The number of nitrogens with two attached hydrogens (primary N) is 1. The van der Waals surface area contributed by atoms with Crippen LogP contribution in [0.2, 0.25) is 0 Å². The van der Waals surface area contributed by atoms with E-state index < -0.39 is 0 Å². The Bertz CT molecular complexity index is 808. The van der Waals surface area contributed by atoms with Crippen molar-refractivity contribution >= 4 is 35.6 Å². The van der Waals surface area contributed by atoms with Gasteiger partial charge in [-0.2, -0.15) is 0 Å². The third-order valence-corrected chi connectivity index (χ3v) is 4.61. The van der Waals surface area contributed by atoms with Crippen molar-refractivity contribution in [1.82, 2.24) is 0 Å². The molecule has 0 aromatic heterocycles. The second kappa shape index (κ2) is 8.62. The molecule has 1 aliphatic carbocycles. The maximum absolute atomic E-state index is 6.04. The minimum Gasteiger partial charge on any atom is -0.490 e. The van der Waals surface area contributed by atoms with Gasteiger partial charge >= 0.3 is 0 Å². The van der Waals surface area contributed by atoms with Gasteiger partial charge in [0.15, 0.2) is 17.5 Å². The molecule has 1 aliphatic heterocycles. The molecule has 2 aromatic rings. The Balaban J connectivity index is 0.00000196. The van der Waals surface area contributed by atoms with Crippen LogP contribution in [0.25, 0.3) is 0 Å². The predicted molar refractivity (Wildman–Crippen MR) is 115 cm³/mol. The molecule has 2 aromatic carbocycles. The summed E-state index contributed by atoms with van der Waals surface area (Å²) in [6, 6.07) is 12.3. The Morgan fingerprint density at radius 3 is 2.65 bits per heavy atom. The van der Waals surface area contributed by atoms with Gasteiger partial charge in [-0.05, 0) is 60.2 Å². The first-order chi connectivity index (χ1) is 12.3. The molecule has 0 radical (unpaired) electrons. The molecule has 0 saturated carbocycles. The Labute approximate surface area is 171 Å². The van der Waals surface area contributed by atoms with Gasteiger partial charge in [-0.15, -0.1) is 24.0 Å². The minimum atomic E-state index is 0. The molecule has 0 atom stereocenters. The molecule has 1 heterocycles. The average molecular weight is 465 g/mol. The number of ether oxygens (including phenoxy) is 2. The van der Waals surface area contributed by atoms with Crippen LogP contribution in [0.15, 0.2) is 41.4 Å². The molecule has 6 heteroatoms. The average Bonchev–Trinajstić information content (AvgIpc) is 2.96. The number of rotatable bonds is 3. The number of anilines is 1. The Morgan fingerprint density at radius 2 is 1.77 bits per heavy atom. The first-order valence-electron chi connectivity index (χ1n) is 8.85. The summed E-state index contributed by atoms with van der Waals surface area (Å²) in [5, 5.41) is 3.19. The molecular weight excluding hydrogens is 441 g/mol. The van der Waals surface area contributed by atoms with E-state index in [1.807, 2.05) is 18.2 Å². The zero-order chi connectivity index (χ0) is 17.1. The molecule has 0 bridgehead atoms. The van der Waals surface area contributed by atoms with Gasteiger partial charge in [-0.25, -0.2) is 4.99 Å². The Kier molecular flexibility index (Phi) is 6.24. The molecule has 138 valence electrons. The van der Waals surface area contributed by atoms with Gasteiger partial charge < -0.3 is 20.5 Å². The molecule has 0 saturated heterocycles. The molecule has 0 spiro atoms. The van der Waals surface area contributed by atoms with Gasteiger partial charge in [0.1, 0.15) is 0 Å². The lowest BCUT2D eigenvalue weighted by Crippen LogP contribution is -2.22. The third-order valence-electron chi connectivity index (χ3n) is 4.61. The van der Waals surface area contributed by atoms with E-state index in [1.165, 1.54) is 24.0 Å². The highest BCUT2D eigenvalue weighted by atomic mass is 127. The molecule has 0 fully saturated rings. The van der Waals surface area contributed by atoms with Crippen molar-refractivity contribution < 1.29 is 9.47 Å². The van der Waals surface area contributed by atoms with Gasteiger partial charge in [0, 0.05) is 12.1 Å². The van der Waals surface area contributed by atoms with E-state index in [-0.39, 0.29) is 24.0 Å². The van der Waals surface area contributed by atoms with E-state index in [0.29, 0.717) is 25.7 Å². The maximum Gasteiger partial charge on any atom is 0.193 e. The number of fused-ring (bicyclic) bond motifs is 2. The number of aryl methyl sites for hydroxylation is 2. The van der Waals surface area contributed by atoms with Crippen molar-refractivity contribution in [1.29, 1.82) is 0 Å². The van der Waals surface area contributed by atoms with Crippen LogP contribution in [0.4, 0.5) is 5.69 Å². The number of guanidine groups is 1. The van der Waals surface area contributed by atoms with Crippen LogP contribution in [0.1, 0.15) is 29.5 Å². The minimum absolute atomic E-state index is 0. The molecule has 0 amide bonds. The fraction of sp³-hybridized carbons (Fsp3) is 0.350. The van der Waals surface area contributed by atoms with E-state index in [2.05, 4.69) is 28.5 Å². The van der Waals surface area contributed by atoms with E-state index in [4.69, 9.17) is 15.2 Å². The normalized spacial score (nSPS) is 15.6. The van der Waals surface area contributed by atoms with Gasteiger partial charge in [-0.1, -0.05) is 12.1 Å². The molecular formula is C20H24IN3O2. The van der Waals surface area contributed by atoms with Crippen molar-refractivity contribution in [2.24, 2.45) is 10.7 Å². The van der Waals surface area contributed by atoms with Gasteiger partial charge in [-0.3, -0.25) is 0 Å². The van der Waals surface area contributed by atoms with Crippen LogP contribution in [-0.4, -0.2) is 19.2 Å². The predicted octanol–water partition coefficient (Wildman–Crippen LogP) is 3.88. The molecule has 5 nitrogen and oxygen atoms in total. The number of halogens is 1. The summed E-state index contributed by atoms with van der Waals surface area (Å²) >= 11 is 0. The zero-order valence-corrected chi connectivity index (χ0v) is 17.0.